The number of para-hydroxylation sites is 1. The van der Waals surface area contributed by atoms with Crippen molar-refractivity contribution < 1.29 is 27.1 Å². The van der Waals surface area contributed by atoms with E-state index in [-0.39, 0.29) is 11.5 Å². The highest BCUT2D eigenvalue weighted by Gasteiger charge is 2.23. The van der Waals surface area contributed by atoms with E-state index in [1.165, 1.54) is 0 Å². The number of carbonyl (C=O) groups is 1. The van der Waals surface area contributed by atoms with Crippen molar-refractivity contribution in [1.82, 2.24) is 5.32 Å². The maximum atomic E-state index is 12.7. The van der Waals surface area contributed by atoms with Crippen LogP contribution in [0.4, 0.5) is 0 Å². The second-order valence-corrected chi connectivity index (χ2v) is 9.63. The van der Waals surface area contributed by atoms with Gasteiger partial charge in [-0.2, -0.15) is 0 Å². The maximum Gasteiger partial charge on any atom is 0.287 e. The number of benzene rings is 2. The van der Waals surface area contributed by atoms with Gasteiger partial charge in [0.25, 0.3) is 5.91 Å². The molecule has 3 aromatic rings. The van der Waals surface area contributed by atoms with E-state index in [1.807, 2.05) is 6.07 Å². The fraction of sp³-hybridized carbons (Fsp3) is 0.286. The van der Waals surface area contributed by atoms with Crippen LogP contribution in [0.15, 0.2) is 40.8 Å². The molecule has 0 saturated heterocycles. The number of nitrogens with one attached hydrogen (secondary N) is 1. The maximum absolute atomic E-state index is 12.7. The minimum atomic E-state index is -3.35. The normalized spacial score (nSPS) is 13.4. The van der Waals surface area contributed by atoms with Crippen LogP contribution in [0.5, 0.6) is 11.5 Å². The topological polar surface area (TPSA) is 94.8 Å². The average Bonchev–Trinajstić information content (AvgIpc) is 3.05. The van der Waals surface area contributed by atoms with E-state index in [2.05, 4.69) is 5.32 Å². The number of rotatable bonds is 6. The molecular formula is C21H20ClNO6S. The minimum absolute atomic E-state index is 0.0156. The number of halogens is 1. The third-order valence-corrected chi connectivity index (χ3v) is 5.76. The van der Waals surface area contributed by atoms with Crippen LogP contribution < -0.4 is 14.8 Å². The van der Waals surface area contributed by atoms with Gasteiger partial charge in [-0.05, 0) is 30.2 Å². The van der Waals surface area contributed by atoms with Gasteiger partial charge < -0.3 is 19.2 Å². The smallest absolute Gasteiger partial charge is 0.287 e. The molecule has 1 aliphatic rings. The van der Waals surface area contributed by atoms with Gasteiger partial charge in [0.05, 0.1) is 10.8 Å². The van der Waals surface area contributed by atoms with Crippen LogP contribution in [-0.4, -0.2) is 40.3 Å². The summed E-state index contributed by atoms with van der Waals surface area (Å²) >= 11 is 6.25. The first-order valence-electron chi connectivity index (χ1n) is 9.36. The van der Waals surface area contributed by atoms with Crippen LogP contribution in [0.2, 0.25) is 5.02 Å². The quantitative estimate of drug-likeness (QED) is 0.620. The zero-order valence-electron chi connectivity index (χ0n) is 16.2. The van der Waals surface area contributed by atoms with Gasteiger partial charge in [-0.1, -0.05) is 29.8 Å². The first kappa shape index (κ1) is 20.6. The van der Waals surface area contributed by atoms with Crippen LogP contribution in [0, 0.1) is 0 Å². The number of furan rings is 1. The molecular weight excluding hydrogens is 430 g/mol. The number of sulfone groups is 1. The summed E-state index contributed by atoms with van der Waals surface area (Å²) in [5.41, 5.74) is 1.72. The van der Waals surface area contributed by atoms with Crippen LogP contribution >= 0.6 is 11.6 Å². The molecule has 1 amide bonds. The molecule has 0 bridgehead atoms. The van der Waals surface area contributed by atoms with Crippen molar-refractivity contribution in [1.29, 1.82) is 0 Å². The Morgan fingerprint density at radius 2 is 1.93 bits per heavy atom. The summed E-state index contributed by atoms with van der Waals surface area (Å²) in [5.74, 6) is 0.395. The summed E-state index contributed by atoms with van der Waals surface area (Å²) in [7, 11) is -3.35. The molecule has 2 heterocycles. The number of hydrogen-bond donors (Lipinski definition) is 1. The largest absolute Gasteiger partial charge is 0.486 e. The summed E-state index contributed by atoms with van der Waals surface area (Å²) in [4.78, 5) is 12.7. The molecule has 1 aromatic heterocycles. The van der Waals surface area contributed by atoms with Crippen LogP contribution in [-0.2, 0) is 22.0 Å². The van der Waals surface area contributed by atoms with Gasteiger partial charge in [-0.3, -0.25) is 4.79 Å². The molecule has 1 aliphatic heterocycles. The van der Waals surface area contributed by atoms with Gasteiger partial charge in [-0.15, -0.1) is 0 Å². The van der Waals surface area contributed by atoms with Gasteiger partial charge in [0.2, 0.25) is 0 Å². The lowest BCUT2D eigenvalue weighted by molar-refractivity contribution is 0.0927. The molecule has 158 valence electrons. The Balaban J connectivity index is 1.50. The van der Waals surface area contributed by atoms with Gasteiger partial charge in [0.1, 0.15) is 18.8 Å². The van der Waals surface area contributed by atoms with Crippen LogP contribution in [0.1, 0.15) is 21.7 Å². The summed E-state index contributed by atoms with van der Waals surface area (Å²) in [6.07, 6.45) is 1.63. The Kier molecular flexibility index (Phi) is 5.62. The molecule has 9 heteroatoms. The van der Waals surface area contributed by atoms with Crippen molar-refractivity contribution in [3.8, 4) is 11.5 Å². The lowest BCUT2D eigenvalue weighted by Crippen LogP contribution is -2.26. The zero-order chi connectivity index (χ0) is 21.3. The molecule has 0 aliphatic carbocycles. The van der Waals surface area contributed by atoms with E-state index in [0.717, 1.165) is 11.8 Å². The Labute approximate surface area is 178 Å². The van der Waals surface area contributed by atoms with Gasteiger partial charge >= 0.3 is 0 Å². The highest BCUT2D eigenvalue weighted by molar-refractivity contribution is 7.89. The Morgan fingerprint density at radius 1 is 1.17 bits per heavy atom. The van der Waals surface area contributed by atoms with E-state index in [0.29, 0.717) is 59.2 Å². The molecule has 0 unspecified atom stereocenters. The zero-order valence-corrected chi connectivity index (χ0v) is 17.8. The third kappa shape index (κ3) is 4.39. The second kappa shape index (κ2) is 8.20. The minimum Gasteiger partial charge on any atom is -0.486 e. The molecule has 7 nitrogen and oxygen atoms in total. The summed E-state index contributed by atoms with van der Waals surface area (Å²) in [6, 6.07) is 10.6. The number of hydrogen-bond acceptors (Lipinski definition) is 6. The average molecular weight is 450 g/mol. The Hall–Kier alpha value is -2.71. The van der Waals surface area contributed by atoms with Gasteiger partial charge in [-0.25, -0.2) is 8.42 Å². The Morgan fingerprint density at radius 3 is 2.73 bits per heavy atom. The molecule has 1 N–H and O–H groups in total. The fourth-order valence-corrected chi connectivity index (χ4v) is 4.50. The van der Waals surface area contributed by atoms with Crippen molar-refractivity contribution in [3.63, 3.8) is 0 Å². The summed E-state index contributed by atoms with van der Waals surface area (Å²) in [6.45, 7) is 1.22. The molecule has 30 heavy (non-hydrogen) atoms. The van der Waals surface area contributed by atoms with E-state index in [9.17, 15) is 13.2 Å². The molecule has 0 saturated carbocycles. The molecule has 2 aromatic carbocycles. The molecule has 4 rings (SSSR count). The highest BCUT2D eigenvalue weighted by atomic mass is 35.5. The SMILES string of the molecule is CS(=O)(=O)Cc1c(C(=O)NCCc2cc(Cl)c3c(c2)OCCO3)oc2ccccc12. The van der Waals surface area contributed by atoms with E-state index in [4.69, 9.17) is 25.5 Å². The van der Waals surface area contributed by atoms with Crippen molar-refractivity contribution in [3.05, 3.63) is 58.3 Å². The monoisotopic (exact) mass is 449 g/mol. The molecule has 0 atom stereocenters. The van der Waals surface area contributed by atoms with Crippen LogP contribution in [0.3, 0.4) is 0 Å². The summed E-state index contributed by atoms with van der Waals surface area (Å²) < 4.78 is 40.5. The molecule has 0 fully saturated rings. The number of ether oxygens (including phenoxy) is 2. The standard InChI is InChI=1S/C21H20ClNO6S/c1-30(25,26)12-15-14-4-2-3-5-17(14)29-19(15)21(24)23-7-6-13-10-16(22)20-18(11-13)27-8-9-28-20/h2-5,10-11H,6-9,12H2,1H3,(H,23,24). The predicted molar refractivity (Wildman–Crippen MR) is 113 cm³/mol. The van der Waals surface area contributed by atoms with E-state index in [1.54, 1.807) is 30.3 Å². The lowest BCUT2D eigenvalue weighted by atomic mass is 10.1. The lowest BCUT2D eigenvalue weighted by Gasteiger charge is -2.20. The van der Waals surface area contributed by atoms with E-state index >= 15 is 0 Å². The molecule has 0 spiro atoms. The summed E-state index contributed by atoms with van der Waals surface area (Å²) in [5, 5.41) is 3.87. The van der Waals surface area contributed by atoms with Gasteiger partial charge in [0.15, 0.2) is 27.1 Å². The van der Waals surface area contributed by atoms with Gasteiger partial charge in [0, 0.05) is 23.8 Å². The highest BCUT2D eigenvalue weighted by Crippen LogP contribution is 2.38. The third-order valence-electron chi connectivity index (χ3n) is 4.67. The van der Waals surface area contributed by atoms with Crippen molar-refractivity contribution >= 4 is 38.3 Å². The second-order valence-electron chi connectivity index (χ2n) is 7.08. The van der Waals surface area contributed by atoms with E-state index < -0.39 is 15.7 Å². The first-order chi connectivity index (χ1) is 14.3. The molecule has 0 radical (unpaired) electrons. The number of amides is 1. The first-order valence-corrected chi connectivity index (χ1v) is 11.8. The fourth-order valence-electron chi connectivity index (χ4n) is 3.40. The number of carbonyl (C=O) groups excluding carboxylic acids is 1. The van der Waals surface area contributed by atoms with Crippen LogP contribution in [0.25, 0.3) is 11.0 Å². The van der Waals surface area contributed by atoms with Crippen molar-refractivity contribution in [2.24, 2.45) is 0 Å². The van der Waals surface area contributed by atoms with Crippen molar-refractivity contribution in [2.45, 2.75) is 12.2 Å². The van der Waals surface area contributed by atoms with Crippen molar-refractivity contribution in [2.75, 3.05) is 26.0 Å². The number of fused-ring (bicyclic) bond motifs is 2. The predicted octanol–water partition coefficient (Wildman–Crippen LogP) is 3.37. The Bertz CT molecular complexity index is 1220.